The van der Waals surface area contributed by atoms with Crippen molar-refractivity contribution in [3.8, 4) is 0 Å². The molecule has 4 atom stereocenters. The van der Waals surface area contributed by atoms with Crippen LogP contribution in [0.5, 0.6) is 0 Å². The quantitative estimate of drug-likeness (QED) is 0.733. The third kappa shape index (κ3) is 4.32. The summed E-state index contributed by atoms with van der Waals surface area (Å²) < 4.78 is 28.7. The van der Waals surface area contributed by atoms with E-state index >= 15 is 0 Å². The van der Waals surface area contributed by atoms with Gasteiger partial charge in [0.25, 0.3) is 0 Å². The Kier molecular flexibility index (Phi) is 5.36. The molecule has 2 aromatic rings. The van der Waals surface area contributed by atoms with Gasteiger partial charge in [-0.3, -0.25) is 0 Å². The van der Waals surface area contributed by atoms with Gasteiger partial charge in [0, 0.05) is 0 Å². The number of carbonyl (C=O) groups is 2. The lowest BCUT2D eigenvalue weighted by Crippen LogP contribution is -2.54. The maximum atomic E-state index is 12.6. The van der Waals surface area contributed by atoms with Crippen molar-refractivity contribution in [3.63, 3.8) is 0 Å². The monoisotopic (exact) mass is 398 g/mol. The summed E-state index contributed by atoms with van der Waals surface area (Å²) in [7, 11) is 0. The molecule has 2 aliphatic heterocycles. The van der Waals surface area contributed by atoms with Gasteiger partial charge in [-0.25, -0.2) is 9.59 Å². The van der Waals surface area contributed by atoms with Gasteiger partial charge < -0.3 is 23.7 Å². The fraction of sp³-hybridized carbons (Fsp3) is 0.364. The van der Waals surface area contributed by atoms with E-state index in [0.29, 0.717) is 11.1 Å². The summed E-state index contributed by atoms with van der Waals surface area (Å²) in [5.41, 5.74) is 0.746. The van der Waals surface area contributed by atoms with Crippen LogP contribution < -0.4 is 0 Å². The zero-order chi connectivity index (χ0) is 20.4. The SMILES string of the molecule is CC1(C)O[C@@H]2[C@@H](OC(=O)c3ccccc3)[C@H](OC(=O)c3ccccc3)OC[C@@H]2O1. The molecule has 0 aromatic heterocycles. The van der Waals surface area contributed by atoms with E-state index in [4.69, 9.17) is 23.7 Å². The van der Waals surface area contributed by atoms with Crippen LogP contribution in [0.25, 0.3) is 0 Å². The van der Waals surface area contributed by atoms with Gasteiger partial charge in [-0.2, -0.15) is 0 Å². The van der Waals surface area contributed by atoms with E-state index in [2.05, 4.69) is 0 Å². The molecule has 2 heterocycles. The average Bonchev–Trinajstić information content (AvgIpc) is 3.05. The first-order valence-electron chi connectivity index (χ1n) is 9.42. The molecule has 0 spiro atoms. The molecule has 0 aliphatic carbocycles. The summed E-state index contributed by atoms with van der Waals surface area (Å²) >= 11 is 0. The number of hydrogen-bond donors (Lipinski definition) is 0. The van der Waals surface area contributed by atoms with E-state index < -0.39 is 42.3 Å². The maximum Gasteiger partial charge on any atom is 0.340 e. The van der Waals surface area contributed by atoms with E-state index in [1.165, 1.54) is 0 Å². The lowest BCUT2D eigenvalue weighted by Gasteiger charge is -2.36. The van der Waals surface area contributed by atoms with Crippen LogP contribution in [0, 0.1) is 0 Å². The number of carbonyl (C=O) groups excluding carboxylic acids is 2. The Morgan fingerprint density at radius 2 is 1.41 bits per heavy atom. The molecule has 0 amide bonds. The molecule has 152 valence electrons. The molecule has 0 N–H and O–H groups in total. The topological polar surface area (TPSA) is 80.3 Å². The van der Waals surface area contributed by atoms with Gasteiger partial charge in [0.05, 0.1) is 17.7 Å². The number of rotatable bonds is 4. The van der Waals surface area contributed by atoms with Gasteiger partial charge in [0.1, 0.15) is 12.2 Å². The van der Waals surface area contributed by atoms with Crippen LogP contribution >= 0.6 is 0 Å². The molecule has 29 heavy (non-hydrogen) atoms. The Labute approximate surface area is 168 Å². The van der Waals surface area contributed by atoms with Crippen LogP contribution in [0.2, 0.25) is 0 Å². The molecule has 2 saturated heterocycles. The fourth-order valence-electron chi connectivity index (χ4n) is 3.45. The average molecular weight is 398 g/mol. The first-order valence-corrected chi connectivity index (χ1v) is 9.42. The third-order valence-corrected chi connectivity index (χ3v) is 4.72. The third-order valence-electron chi connectivity index (χ3n) is 4.72. The lowest BCUT2D eigenvalue weighted by molar-refractivity contribution is -0.230. The van der Waals surface area contributed by atoms with Crippen molar-refractivity contribution in [1.82, 2.24) is 0 Å². The highest BCUT2D eigenvalue weighted by atomic mass is 16.8. The molecule has 2 fully saturated rings. The predicted molar refractivity (Wildman–Crippen MR) is 101 cm³/mol. The van der Waals surface area contributed by atoms with Crippen molar-refractivity contribution in [2.75, 3.05) is 6.61 Å². The zero-order valence-corrected chi connectivity index (χ0v) is 16.1. The second-order valence-corrected chi connectivity index (χ2v) is 7.35. The summed E-state index contributed by atoms with van der Waals surface area (Å²) in [4.78, 5) is 25.2. The van der Waals surface area contributed by atoms with Gasteiger partial charge >= 0.3 is 11.9 Å². The van der Waals surface area contributed by atoms with Crippen molar-refractivity contribution in [3.05, 3.63) is 71.8 Å². The van der Waals surface area contributed by atoms with E-state index in [9.17, 15) is 9.59 Å². The highest BCUT2D eigenvalue weighted by molar-refractivity contribution is 5.90. The second kappa shape index (κ2) is 7.94. The molecule has 0 saturated carbocycles. The van der Waals surface area contributed by atoms with Gasteiger partial charge in [-0.05, 0) is 38.1 Å². The molecule has 7 heteroatoms. The molecule has 0 unspecified atom stereocenters. The maximum absolute atomic E-state index is 12.6. The van der Waals surface area contributed by atoms with Crippen molar-refractivity contribution in [2.45, 2.75) is 44.2 Å². The van der Waals surface area contributed by atoms with Crippen LogP contribution in [-0.4, -0.2) is 48.9 Å². The van der Waals surface area contributed by atoms with Gasteiger partial charge in [-0.1, -0.05) is 36.4 Å². The van der Waals surface area contributed by atoms with Crippen molar-refractivity contribution in [1.29, 1.82) is 0 Å². The van der Waals surface area contributed by atoms with Crippen molar-refractivity contribution < 1.29 is 33.3 Å². The van der Waals surface area contributed by atoms with Crippen LogP contribution in [0.1, 0.15) is 34.6 Å². The molecular weight excluding hydrogens is 376 g/mol. The van der Waals surface area contributed by atoms with E-state index in [0.717, 1.165) is 0 Å². The largest absolute Gasteiger partial charge is 0.449 e. The number of ether oxygens (including phenoxy) is 5. The Hall–Kier alpha value is -2.74. The number of benzene rings is 2. The predicted octanol–water partition coefficient (Wildman–Crippen LogP) is 2.95. The Balaban J connectivity index is 1.55. The highest BCUT2D eigenvalue weighted by Crippen LogP contribution is 2.36. The van der Waals surface area contributed by atoms with E-state index in [1.807, 2.05) is 0 Å². The summed E-state index contributed by atoms with van der Waals surface area (Å²) in [5, 5.41) is 0. The Morgan fingerprint density at radius 1 is 0.862 bits per heavy atom. The van der Waals surface area contributed by atoms with E-state index in [1.54, 1.807) is 74.5 Å². The van der Waals surface area contributed by atoms with Gasteiger partial charge in [0.15, 0.2) is 11.9 Å². The van der Waals surface area contributed by atoms with Gasteiger partial charge in [-0.15, -0.1) is 0 Å². The molecule has 2 aromatic carbocycles. The number of hydrogen-bond acceptors (Lipinski definition) is 7. The molecule has 2 aliphatic rings. The summed E-state index contributed by atoms with van der Waals surface area (Å²) in [6, 6.07) is 17.1. The molecule has 4 rings (SSSR count). The van der Waals surface area contributed by atoms with E-state index in [-0.39, 0.29) is 6.61 Å². The van der Waals surface area contributed by atoms with Crippen LogP contribution in [0.4, 0.5) is 0 Å². The molecule has 0 bridgehead atoms. The number of esters is 2. The summed E-state index contributed by atoms with van der Waals surface area (Å²) in [5.74, 6) is -2.00. The number of fused-ring (bicyclic) bond motifs is 1. The molecule has 0 radical (unpaired) electrons. The highest BCUT2D eigenvalue weighted by Gasteiger charge is 2.54. The van der Waals surface area contributed by atoms with Crippen molar-refractivity contribution in [2.24, 2.45) is 0 Å². The first-order chi connectivity index (χ1) is 13.9. The smallest absolute Gasteiger partial charge is 0.340 e. The van der Waals surface area contributed by atoms with Crippen LogP contribution in [0.3, 0.4) is 0 Å². The Bertz CT molecular complexity index is 865. The Morgan fingerprint density at radius 3 is 2.00 bits per heavy atom. The minimum absolute atomic E-state index is 0.153. The van der Waals surface area contributed by atoms with Crippen LogP contribution in [-0.2, 0) is 23.7 Å². The van der Waals surface area contributed by atoms with Gasteiger partial charge in [0.2, 0.25) is 6.29 Å². The lowest BCUT2D eigenvalue weighted by atomic mass is 10.0. The fourth-order valence-corrected chi connectivity index (χ4v) is 3.45. The summed E-state index contributed by atoms with van der Waals surface area (Å²) in [6.07, 6.45) is -3.16. The zero-order valence-electron chi connectivity index (χ0n) is 16.1. The minimum atomic E-state index is -1.12. The first kappa shape index (κ1) is 19.6. The van der Waals surface area contributed by atoms with Crippen molar-refractivity contribution >= 4 is 11.9 Å². The van der Waals surface area contributed by atoms with Crippen LogP contribution in [0.15, 0.2) is 60.7 Å². The summed E-state index contributed by atoms with van der Waals surface area (Å²) in [6.45, 7) is 3.69. The normalized spacial score (nSPS) is 27.7. The minimum Gasteiger partial charge on any atom is -0.449 e. The molecular formula is C22H22O7. The second-order valence-electron chi connectivity index (χ2n) is 7.35. The standard InChI is InChI=1S/C22H22O7/c1-22(2)28-16-13-25-21(27-20(24)15-11-7-4-8-12-15)18(17(16)29-22)26-19(23)14-9-5-3-6-10-14/h3-12,16-18,21H,13H2,1-2H3/t16-,17-,18+,21-/m0/s1. The molecule has 7 nitrogen and oxygen atoms in total.